The van der Waals surface area contributed by atoms with Crippen molar-refractivity contribution in [2.75, 3.05) is 10.8 Å². The summed E-state index contributed by atoms with van der Waals surface area (Å²) in [6.45, 7) is -1.00. The molecule has 0 bridgehead atoms. The first-order valence-electron chi connectivity index (χ1n) is 15.5. The maximum absolute atomic E-state index is 15.1. The van der Waals surface area contributed by atoms with Crippen molar-refractivity contribution in [2.24, 2.45) is 0 Å². The average Bonchev–Trinajstić information content (AvgIpc) is 3.08. The van der Waals surface area contributed by atoms with Gasteiger partial charge < -0.3 is 10.2 Å². The number of halogens is 3. The van der Waals surface area contributed by atoms with Crippen LogP contribution in [0.15, 0.2) is 108 Å². The van der Waals surface area contributed by atoms with E-state index in [4.69, 9.17) is 23.2 Å². The SMILES string of the molecule is O=C(NC1CCCCC1)C(Cc1ccccc1)N(Cc1ccccc1F)C(=O)CN(c1cc(Cl)ccc1Cl)S(=O)(=O)c1ccccc1. The van der Waals surface area contributed by atoms with Crippen molar-refractivity contribution < 1.29 is 22.4 Å². The molecule has 0 saturated heterocycles. The second-order valence-corrected chi connectivity index (χ2v) is 14.3. The van der Waals surface area contributed by atoms with Crippen LogP contribution in [0, 0.1) is 5.82 Å². The number of sulfonamides is 1. The largest absolute Gasteiger partial charge is 0.352 e. The van der Waals surface area contributed by atoms with Crippen molar-refractivity contribution >= 4 is 50.7 Å². The lowest BCUT2D eigenvalue weighted by molar-refractivity contribution is -0.140. The molecule has 0 aliphatic heterocycles. The van der Waals surface area contributed by atoms with Gasteiger partial charge in [0.25, 0.3) is 10.0 Å². The van der Waals surface area contributed by atoms with E-state index in [1.165, 1.54) is 47.4 Å². The van der Waals surface area contributed by atoms with Crippen LogP contribution in [0.4, 0.5) is 10.1 Å². The quantitative estimate of drug-likeness (QED) is 0.167. The van der Waals surface area contributed by atoms with Crippen molar-refractivity contribution in [3.8, 4) is 0 Å². The summed E-state index contributed by atoms with van der Waals surface area (Å²) in [5.41, 5.74) is 0.963. The minimum Gasteiger partial charge on any atom is -0.352 e. The fraction of sp³-hybridized carbons (Fsp3) is 0.278. The number of hydrogen-bond acceptors (Lipinski definition) is 4. The van der Waals surface area contributed by atoms with Crippen LogP contribution in [0.2, 0.25) is 10.0 Å². The fourth-order valence-electron chi connectivity index (χ4n) is 5.82. The maximum Gasteiger partial charge on any atom is 0.264 e. The topological polar surface area (TPSA) is 86.8 Å². The highest BCUT2D eigenvalue weighted by Crippen LogP contribution is 2.33. The van der Waals surface area contributed by atoms with Crippen LogP contribution >= 0.6 is 23.2 Å². The molecule has 246 valence electrons. The predicted molar refractivity (Wildman–Crippen MR) is 183 cm³/mol. The lowest BCUT2D eigenvalue weighted by atomic mass is 9.94. The molecule has 1 fully saturated rings. The summed E-state index contributed by atoms with van der Waals surface area (Å²) in [6.07, 6.45) is 4.83. The number of carbonyl (C=O) groups is 2. The molecule has 1 N–H and O–H groups in total. The minimum atomic E-state index is -4.36. The lowest BCUT2D eigenvalue weighted by Gasteiger charge is -2.35. The zero-order chi connectivity index (χ0) is 33.4. The Hall–Kier alpha value is -3.92. The van der Waals surface area contributed by atoms with Crippen molar-refractivity contribution in [3.05, 3.63) is 130 Å². The molecule has 11 heteroatoms. The second kappa shape index (κ2) is 15.8. The molecule has 1 saturated carbocycles. The number of carbonyl (C=O) groups excluding carboxylic acids is 2. The molecule has 5 rings (SSSR count). The first-order chi connectivity index (χ1) is 22.6. The second-order valence-electron chi connectivity index (χ2n) is 11.6. The third-order valence-corrected chi connectivity index (χ3v) is 10.6. The Bertz CT molecular complexity index is 1790. The van der Waals surface area contributed by atoms with Crippen LogP contribution in [0.1, 0.15) is 43.2 Å². The van der Waals surface area contributed by atoms with Gasteiger partial charge in [-0.05, 0) is 54.8 Å². The maximum atomic E-state index is 15.1. The molecule has 47 heavy (non-hydrogen) atoms. The number of amides is 2. The van der Waals surface area contributed by atoms with Crippen LogP contribution < -0.4 is 9.62 Å². The van der Waals surface area contributed by atoms with E-state index in [1.807, 2.05) is 30.3 Å². The van der Waals surface area contributed by atoms with E-state index in [9.17, 15) is 18.0 Å². The first-order valence-corrected chi connectivity index (χ1v) is 17.7. The Morgan fingerprint density at radius 2 is 1.49 bits per heavy atom. The molecule has 4 aromatic carbocycles. The molecule has 0 radical (unpaired) electrons. The van der Waals surface area contributed by atoms with Gasteiger partial charge in [-0.15, -0.1) is 0 Å². The lowest BCUT2D eigenvalue weighted by Crippen LogP contribution is -2.55. The predicted octanol–water partition coefficient (Wildman–Crippen LogP) is 7.42. The van der Waals surface area contributed by atoms with Crippen LogP contribution in [0.3, 0.4) is 0 Å². The summed E-state index contributed by atoms with van der Waals surface area (Å²) in [5, 5.41) is 3.40. The van der Waals surface area contributed by atoms with Crippen LogP contribution in [-0.2, 0) is 32.6 Å². The molecule has 0 heterocycles. The van der Waals surface area contributed by atoms with Gasteiger partial charge in [-0.25, -0.2) is 12.8 Å². The Labute approximate surface area is 285 Å². The van der Waals surface area contributed by atoms with Crippen molar-refractivity contribution in [2.45, 2.75) is 62.0 Å². The summed E-state index contributed by atoms with van der Waals surface area (Å²) < 4.78 is 44.3. The highest BCUT2D eigenvalue weighted by atomic mass is 35.5. The molecule has 2 amide bonds. The Balaban J connectivity index is 1.59. The summed E-state index contributed by atoms with van der Waals surface area (Å²) >= 11 is 12.8. The molecule has 1 aliphatic carbocycles. The van der Waals surface area contributed by atoms with Crippen LogP contribution in [-0.4, -0.2) is 43.8 Å². The van der Waals surface area contributed by atoms with Gasteiger partial charge in [0.1, 0.15) is 18.4 Å². The normalized spacial score (nSPS) is 14.3. The summed E-state index contributed by atoms with van der Waals surface area (Å²) in [7, 11) is -4.36. The number of anilines is 1. The molecular formula is C36H36Cl2FN3O4S. The first kappa shape index (κ1) is 34.4. The van der Waals surface area contributed by atoms with Gasteiger partial charge >= 0.3 is 0 Å². The number of benzene rings is 4. The number of hydrogen-bond donors (Lipinski definition) is 1. The highest BCUT2D eigenvalue weighted by molar-refractivity contribution is 7.92. The molecule has 7 nitrogen and oxygen atoms in total. The Morgan fingerprint density at radius 1 is 0.851 bits per heavy atom. The summed E-state index contributed by atoms with van der Waals surface area (Å²) in [6, 6.07) is 26.1. The van der Waals surface area contributed by atoms with Crippen molar-refractivity contribution in [3.63, 3.8) is 0 Å². The van der Waals surface area contributed by atoms with Crippen molar-refractivity contribution in [1.82, 2.24) is 10.2 Å². The van der Waals surface area contributed by atoms with Gasteiger partial charge in [0.05, 0.1) is 15.6 Å². The van der Waals surface area contributed by atoms with Gasteiger partial charge in [0.2, 0.25) is 11.8 Å². The summed E-state index contributed by atoms with van der Waals surface area (Å²) in [4.78, 5) is 29.9. The van der Waals surface area contributed by atoms with Crippen molar-refractivity contribution in [1.29, 1.82) is 0 Å². The van der Waals surface area contributed by atoms with Gasteiger partial charge in [-0.2, -0.15) is 0 Å². The number of nitrogens with one attached hydrogen (secondary N) is 1. The third-order valence-electron chi connectivity index (χ3n) is 8.31. The zero-order valence-corrected chi connectivity index (χ0v) is 28.0. The van der Waals surface area contributed by atoms with Gasteiger partial charge in [-0.1, -0.05) is 109 Å². The smallest absolute Gasteiger partial charge is 0.264 e. The van der Waals surface area contributed by atoms with E-state index in [2.05, 4.69) is 5.32 Å². The molecule has 1 aliphatic rings. The minimum absolute atomic E-state index is 0.00604. The van der Waals surface area contributed by atoms with E-state index in [-0.39, 0.29) is 51.1 Å². The molecular weight excluding hydrogens is 660 g/mol. The Morgan fingerprint density at radius 3 is 2.17 bits per heavy atom. The van der Waals surface area contributed by atoms with E-state index < -0.39 is 34.3 Å². The van der Waals surface area contributed by atoms with E-state index in [0.717, 1.165) is 42.0 Å². The molecule has 1 atom stereocenters. The molecule has 4 aromatic rings. The fourth-order valence-corrected chi connectivity index (χ4v) is 7.70. The number of nitrogens with zero attached hydrogens (tertiary/aromatic N) is 2. The van der Waals surface area contributed by atoms with Crippen LogP contribution in [0.25, 0.3) is 0 Å². The number of rotatable bonds is 12. The summed E-state index contributed by atoms with van der Waals surface area (Å²) in [5.74, 6) is -1.66. The molecule has 1 unspecified atom stereocenters. The Kier molecular flexibility index (Phi) is 11.6. The highest BCUT2D eigenvalue weighted by Gasteiger charge is 2.36. The van der Waals surface area contributed by atoms with Gasteiger partial charge in [0.15, 0.2) is 0 Å². The van der Waals surface area contributed by atoms with Gasteiger partial charge in [0, 0.05) is 29.6 Å². The standard InChI is InChI=1S/C36H36Cl2FN3O4S/c37-28-20-21-31(38)33(23-28)42(47(45,46)30-17-8-3-9-18-30)25-35(43)41(24-27-14-10-11-19-32(27)39)34(22-26-12-4-1-5-13-26)36(44)40-29-15-6-2-7-16-29/h1,3-5,8-14,17-21,23,29,34H,2,6-7,15-16,22,24-25H2,(H,40,44). The third kappa shape index (κ3) is 8.71. The molecule has 0 spiro atoms. The van der Waals surface area contributed by atoms with Crippen LogP contribution in [0.5, 0.6) is 0 Å². The monoisotopic (exact) mass is 695 g/mol. The average molecular weight is 697 g/mol. The van der Waals surface area contributed by atoms with E-state index in [0.29, 0.717) is 0 Å². The molecule has 0 aromatic heterocycles. The zero-order valence-electron chi connectivity index (χ0n) is 25.7. The van der Waals surface area contributed by atoms with E-state index in [1.54, 1.807) is 30.3 Å². The van der Waals surface area contributed by atoms with Gasteiger partial charge in [-0.3, -0.25) is 13.9 Å². The van der Waals surface area contributed by atoms with E-state index >= 15 is 4.39 Å².